The summed E-state index contributed by atoms with van der Waals surface area (Å²) in [7, 11) is 1.65. The number of carbonyl (C=O) groups is 1. The van der Waals surface area contributed by atoms with Crippen LogP contribution in [0.2, 0.25) is 0 Å². The lowest BCUT2D eigenvalue weighted by Crippen LogP contribution is -2.48. The minimum Gasteiger partial charge on any atom is -0.496 e. The number of aryl methyl sites for hydroxylation is 1. The van der Waals surface area contributed by atoms with E-state index >= 15 is 0 Å². The Labute approximate surface area is 173 Å². The van der Waals surface area contributed by atoms with E-state index in [-0.39, 0.29) is 5.91 Å². The second kappa shape index (κ2) is 8.75. The van der Waals surface area contributed by atoms with E-state index in [1.165, 1.54) is 0 Å². The van der Waals surface area contributed by atoms with Crippen LogP contribution in [0.3, 0.4) is 0 Å². The van der Waals surface area contributed by atoms with E-state index in [1.54, 1.807) is 18.4 Å². The number of methoxy groups -OCH3 is 1. The molecule has 0 N–H and O–H groups in total. The summed E-state index contributed by atoms with van der Waals surface area (Å²) >= 11 is 1.59. The van der Waals surface area contributed by atoms with Crippen molar-refractivity contribution in [3.63, 3.8) is 0 Å². The second-order valence-corrected chi connectivity index (χ2v) is 8.07. The molecule has 0 aliphatic carbocycles. The Hall–Kier alpha value is -2.71. The average molecular weight is 413 g/mol. The molecule has 1 aliphatic rings. The van der Waals surface area contributed by atoms with Gasteiger partial charge in [0.2, 0.25) is 17.6 Å². The van der Waals surface area contributed by atoms with Crippen molar-refractivity contribution in [2.24, 2.45) is 0 Å². The highest BCUT2D eigenvalue weighted by Gasteiger charge is 2.23. The molecular formula is C21H24N4O3S. The maximum Gasteiger partial charge on any atom is 0.241 e. The molecular weight excluding hydrogens is 388 g/mol. The molecule has 2 aromatic heterocycles. The first kappa shape index (κ1) is 19.6. The lowest BCUT2D eigenvalue weighted by atomic mass is 10.1. The van der Waals surface area contributed by atoms with Gasteiger partial charge in [-0.1, -0.05) is 23.4 Å². The molecule has 3 heterocycles. The monoisotopic (exact) mass is 412 g/mol. The number of aromatic nitrogens is 2. The smallest absolute Gasteiger partial charge is 0.241 e. The van der Waals surface area contributed by atoms with Gasteiger partial charge in [-0.05, 0) is 35.6 Å². The summed E-state index contributed by atoms with van der Waals surface area (Å²) in [5.74, 6) is 2.21. The van der Waals surface area contributed by atoms with E-state index in [0.717, 1.165) is 34.8 Å². The Kier molecular flexibility index (Phi) is 5.92. The zero-order valence-corrected chi connectivity index (χ0v) is 17.4. The molecule has 1 saturated heterocycles. The van der Waals surface area contributed by atoms with Crippen molar-refractivity contribution in [1.82, 2.24) is 19.9 Å². The highest BCUT2D eigenvalue weighted by Crippen LogP contribution is 2.22. The maximum absolute atomic E-state index is 12.7. The van der Waals surface area contributed by atoms with E-state index in [2.05, 4.69) is 15.0 Å². The topological polar surface area (TPSA) is 71.7 Å². The summed E-state index contributed by atoms with van der Waals surface area (Å²) in [6, 6.07) is 9.89. The zero-order chi connectivity index (χ0) is 20.2. The van der Waals surface area contributed by atoms with Gasteiger partial charge < -0.3 is 14.2 Å². The largest absolute Gasteiger partial charge is 0.496 e. The Morgan fingerprint density at radius 2 is 2.07 bits per heavy atom. The van der Waals surface area contributed by atoms with Gasteiger partial charge in [0.1, 0.15) is 5.75 Å². The summed E-state index contributed by atoms with van der Waals surface area (Å²) in [4.78, 5) is 22.3. The second-order valence-electron chi connectivity index (χ2n) is 7.13. The van der Waals surface area contributed by atoms with E-state index in [4.69, 9.17) is 9.26 Å². The third kappa shape index (κ3) is 4.65. The van der Waals surface area contributed by atoms with Gasteiger partial charge in [-0.15, -0.1) is 11.3 Å². The first-order valence-corrected chi connectivity index (χ1v) is 10.5. The van der Waals surface area contributed by atoms with Crippen LogP contribution in [0.4, 0.5) is 0 Å². The molecule has 8 heteroatoms. The van der Waals surface area contributed by atoms with Gasteiger partial charge in [-0.25, -0.2) is 0 Å². The van der Waals surface area contributed by atoms with Crippen LogP contribution in [-0.4, -0.2) is 59.1 Å². The predicted octanol–water partition coefficient (Wildman–Crippen LogP) is 3.00. The Balaban J connectivity index is 1.28. The molecule has 4 rings (SSSR count). The molecule has 29 heavy (non-hydrogen) atoms. The van der Waals surface area contributed by atoms with Crippen molar-refractivity contribution >= 4 is 17.2 Å². The van der Waals surface area contributed by atoms with Crippen LogP contribution in [0.5, 0.6) is 5.75 Å². The molecule has 1 aromatic carbocycles. The van der Waals surface area contributed by atoms with Crippen molar-refractivity contribution in [1.29, 1.82) is 0 Å². The minimum absolute atomic E-state index is 0.147. The van der Waals surface area contributed by atoms with Crippen LogP contribution >= 0.6 is 11.3 Å². The number of thiophene rings is 1. The van der Waals surface area contributed by atoms with Crippen molar-refractivity contribution in [3.05, 3.63) is 52.7 Å². The SMILES string of the molecule is COc1cc(CC(=O)N2CCN(Cc3nc(-c4cccs4)no3)CC2)ccc1C. The van der Waals surface area contributed by atoms with Gasteiger partial charge >= 0.3 is 0 Å². The number of amides is 1. The molecule has 7 nitrogen and oxygen atoms in total. The maximum atomic E-state index is 12.7. The standard InChI is InChI=1S/C21H24N4O3S/c1-15-5-6-16(12-17(15)27-2)13-20(26)25-9-7-24(8-10-25)14-19-22-21(23-28-19)18-4-3-11-29-18/h3-6,11-12H,7-10,13-14H2,1-2H3. The Bertz CT molecular complexity index is 962. The lowest BCUT2D eigenvalue weighted by molar-refractivity contribution is -0.132. The summed E-state index contributed by atoms with van der Waals surface area (Å²) in [6.45, 7) is 5.59. The van der Waals surface area contributed by atoms with Crippen LogP contribution in [0.15, 0.2) is 40.2 Å². The highest BCUT2D eigenvalue weighted by molar-refractivity contribution is 7.13. The lowest BCUT2D eigenvalue weighted by Gasteiger charge is -2.34. The fourth-order valence-corrected chi connectivity index (χ4v) is 4.08. The van der Waals surface area contributed by atoms with E-state index < -0.39 is 0 Å². The summed E-state index contributed by atoms with van der Waals surface area (Å²) in [6.07, 6.45) is 0.393. The van der Waals surface area contributed by atoms with Crippen LogP contribution in [0.25, 0.3) is 10.7 Å². The van der Waals surface area contributed by atoms with Gasteiger partial charge in [0.15, 0.2) is 0 Å². The molecule has 3 aromatic rings. The van der Waals surface area contributed by atoms with Crippen molar-refractivity contribution < 1.29 is 14.1 Å². The van der Waals surface area contributed by atoms with E-state index in [0.29, 0.717) is 37.8 Å². The number of nitrogens with zero attached hydrogens (tertiary/aromatic N) is 4. The third-order valence-corrected chi connectivity index (χ3v) is 5.99. The van der Waals surface area contributed by atoms with Gasteiger partial charge in [0.05, 0.1) is 25.0 Å². The van der Waals surface area contributed by atoms with Crippen molar-refractivity contribution in [2.75, 3.05) is 33.3 Å². The van der Waals surface area contributed by atoms with Gasteiger partial charge in [0.25, 0.3) is 0 Å². The van der Waals surface area contributed by atoms with Gasteiger partial charge in [-0.3, -0.25) is 9.69 Å². The number of hydrogen-bond donors (Lipinski definition) is 0. The fourth-order valence-electron chi connectivity index (χ4n) is 3.43. The molecule has 1 fully saturated rings. The number of piperazine rings is 1. The molecule has 0 atom stereocenters. The van der Waals surface area contributed by atoms with Gasteiger partial charge in [0, 0.05) is 26.2 Å². The summed E-state index contributed by atoms with van der Waals surface area (Å²) < 4.78 is 10.7. The number of benzene rings is 1. The van der Waals surface area contributed by atoms with Crippen LogP contribution < -0.4 is 4.74 Å². The quantitative estimate of drug-likeness (QED) is 0.620. The normalized spacial score (nSPS) is 14.9. The summed E-state index contributed by atoms with van der Waals surface area (Å²) in [5, 5.41) is 6.05. The van der Waals surface area contributed by atoms with Crippen LogP contribution in [-0.2, 0) is 17.8 Å². The number of carbonyl (C=O) groups excluding carboxylic acids is 1. The van der Waals surface area contributed by atoms with E-state index in [1.807, 2.05) is 47.5 Å². The van der Waals surface area contributed by atoms with E-state index in [9.17, 15) is 4.79 Å². The van der Waals surface area contributed by atoms with Crippen LogP contribution in [0.1, 0.15) is 17.0 Å². The molecule has 1 amide bonds. The zero-order valence-electron chi connectivity index (χ0n) is 16.6. The minimum atomic E-state index is 0.147. The average Bonchev–Trinajstić information content (AvgIpc) is 3.42. The number of rotatable bonds is 6. The molecule has 0 bridgehead atoms. The summed E-state index contributed by atoms with van der Waals surface area (Å²) in [5.41, 5.74) is 2.05. The Morgan fingerprint density at radius 1 is 1.24 bits per heavy atom. The third-order valence-electron chi connectivity index (χ3n) is 5.12. The Morgan fingerprint density at radius 3 is 2.79 bits per heavy atom. The fraction of sp³-hybridized carbons (Fsp3) is 0.381. The van der Waals surface area contributed by atoms with Crippen molar-refractivity contribution in [3.8, 4) is 16.5 Å². The van der Waals surface area contributed by atoms with Crippen LogP contribution in [0, 0.1) is 6.92 Å². The van der Waals surface area contributed by atoms with Crippen molar-refractivity contribution in [2.45, 2.75) is 19.9 Å². The molecule has 0 unspecified atom stereocenters. The van der Waals surface area contributed by atoms with Gasteiger partial charge in [-0.2, -0.15) is 4.98 Å². The first-order chi connectivity index (χ1) is 14.1. The molecule has 1 aliphatic heterocycles. The number of ether oxygens (including phenoxy) is 1. The molecule has 152 valence electrons. The molecule has 0 saturated carbocycles. The first-order valence-electron chi connectivity index (χ1n) is 9.62. The molecule has 0 spiro atoms. The number of hydrogen-bond acceptors (Lipinski definition) is 7. The highest BCUT2D eigenvalue weighted by atomic mass is 32.1. The predicted molar refractivity (Wildman–Crippen MR) is 111 cm³/mol. The molecule has 0 radical (unpaired) electrons.